The van der Waals surface area contributed by atoms with E-state index in [1.165, 1.54) is 5.56 Å². The standard InChI is InChI=1S/C22H18BNO2/c1-15-5-7-16(8-6-15)19-9-10-20(21-11-12-24-14-22(19)21)17-3-2-4-18(13-17)23(25)26/h2-14,25-26H,1H3. The second-order valence-corrected chi connectivity index (χ2v) is 6.45. The van der Waals surface area contributed by atoms with E-state index in [0.717, 1.165) is 33.0 Å². The van der Waals surface area contributed by atoms with Crippen molar-refractivity contribution in [1.29, 1.82) is 0 Å². The van der Waals surface area contributed by atoms with Crippen LogP contribution in [0.5, 0.6) is 0 Å². The van der Waals surface area contributed by atoms with Gasteiger partial charge in [0, 0.05) is 17.8 Å². The van der Waals surface area contributed by atoms with Crippen LogP contribution in [-0.2, 0) is 0 Å². The summed E-state index contributed by atoms with van der Waals surface area (Å²) in [4.78, 5) is 4.32. The molecule has 0 saturated heterocycles. The van der Waals surface area contributed by atoms with E-state index in [0.29, 0.717) is 5.46 Å². The average Bonchev–Trinajstić information content (AvgIpc) is 2.68. The minimum Gasteiger partial charge on any atom is -0.423 e. The minimum atomic E-state index is -1.48. The van der Waals surface area contributed by atoms with E-state index in [1.54, 1.807) is 12.3 Å². The van der Waals surface area contributed by atoms with Gasteiger partial charge < -0.3 is 10.0 Å². The highest BCUT2D eigenvalue weighted by molar-refractivity contribution is 6.58. The Kier molecular flexibility index (Phi) is 4.29. The van der Waals surface area contributed by atoms with Crippen LogP contribution in [0.15, 0.2) is 79.1 Å². The van der Waals surface area contributed by atoms with Crippen LogP contribution in [0.2, 0.25) is 0 Å². The van der Waals surface area contributed by atoms with Crippen molar-refractivity contribution in [2.75, 3.05) is 0 Å². The van der Waals surface area contributed by atoms with Gasteiger partial charge in [0.1, 0.15) is 0 Å². The molecule has 0 atom stereocenters. The molecule has 0 spiro atoms. The first kappa shape index (κ1) is 16.5. The van der Waals surface area contributed by atoms with E-state index in [9.17, 15) is 10.0 Å². The highest BCUT2D eigenvalue weighted by Gasteiger charge is 2.14. The van der Waals surface area contributed by atoms with E-state index in [4.69, 9.17) is 0 Å². The molecule has 0 fully saturated rings. The molecule has 4 rings (SSSR count). The van der Waals surface area contributed by atoms with Gasteiger partial charge in [0.05, 0.1) is 0 Å². The molecule has 4 heteroatoms. The number of fused-ring (bicyclic) bond motifs is 1. The van der Waals surface area contributed by atoms with Gasteiger partial charge in [0.2, 0.25) is 0 Å². The Balaban J connectivity index is 1.92. The van der Waals surface area contributed by atoms with Crippen molar-refractivity contribution >= 4 is 23.4 Å². The Labute approximate surface area is 152 Å². The van der Waals surface area contributed by atoms with Crippen LogP contribution in [0.3, 0.4) is 0 Å². The summed E-state index contributed by atoms with van der Waals surface area (Å²) >= 11 is 0. The van der Waals surface area contributed by atoms with Gasteiger partial charge in [-0.3, -0.25) is 4.98 Å². The molecule has 0 saturated carbocycles. The lowest BCUT2D eigenvalue weighted by Gasteiger charge is -2.13. The zero-order valence-corrected chi connectivity index (χ0v) is 14.4. The normalized spacial score (nSPS) is 10.9. The number of hydrogen-bond acceptors (Lipinski definition) is 3. The molecule has 0 amide bonds. The molecule has 1 heterocycles. The topological polar surface area (TPSA) is 53.4 Å². The zero-order chi connectivity index (χ0) is 18.1. The van der Waals surface area contributed by atoms with Gasteiger partial charge >= 0.3 is 7.12 Å². The predicted molar refractivity (Wildman–Crippen MR) is 107 cm³/mol. The lowest BCUT2D eigenvalue weighted by atomic mass is 9.79. The summed E-state index contributed by atoms with van der Waals surface area (Å²) in [5.74, 6) is 0. The monoisotopic (exact) mass is 339 g/mol. The first-order valence-electron chi connectivity index (χ1n) is 8.54. The average molecular weight is 339 g/mol. The van der Waals surface area contributed by atoms with Gasteiger partial charge in [-0.25, -0.2) is 0 Å². The number of rotatable bonds is 3. The molecule has 0 radical (unpaired) electrons. The molecular formula is C22H18BNO2. The molecule has 0 unspecified atom stereocenters. The van der Waals surface area contributed by atoms with Gasteiger partial charge in [-0.2, -0.15) is 0 Å². The zero-order valence-electron chi connectivity index (χ0n) is 14.4. The summed E-state index contributed by atoms with van der Waals surface area (Å²) in [6.07, 6.45) is 3.67. The Morgan fingerprint density at radius 3 is 2.23 bits per heavy atom. The van der Waals surface area contributed by atoms with Crippen LogP contribution in [0.25, 0.3) is 33.0 Å². The van der Waals surface area contributed by atoms with Crippen LogP contribution in [0.1, 0.15) is 5.56 Å². The van der Waals surface area contributed by atoms with Crippen molar-refractivity contribution in [3.8, 4) is 22.3 Å². The van der Waals surface area contributed by atoms with Crippen LogP contribution < -0.4 is 5.46 Å². The summed E-state index contributed by atoms with van der Waals surface area (Å²) in [6.45, 7) is 2.08. The number of pyridine rings is 1. The quantitative estimate of drug-likeness (QED) is 0.561. The maximum absolute atomic E-state index is 9.47. The van der Waals surface area contributed by atoms with E-state index in [-0.39, 0.29) is 0 Å². The maximum Gasteiger partial charge on any atom is 0.488 e. The third-order valence-electron chi connectivity index (χ3n) is 4.68. The highest BCUT2D eigenvalue weighted by Crippen LogP contribution is 2.35. The summed E-state index contributed by atoms with van der Waals surface area (Å²) in [7, 11) is -1.48. The van der Waals surface area contributed by atoms with Gasteiger partial charge in [-0.1, -0.05) is 66.2 Å². The molecule has 26 heavy (non-hydrogen) atoms. The third-order valence-corrected chi connectivity index (χ3v) is 4.68. The second kappa shape index (κ2) is 6.75. The molecular weight excluding hydrogens is 321 g/mol. The Morgan fingerprint density at radius 1 is 0.769 bits per heavy atom. The van der Waals surface area contributed by atoms with E-state index >= 15 is 0 Å². The third kappa shape index (κ3) is 3.01. The van der Waals surface area contributed by atoms with E-state index in [1.807, 2.05) is 30.5 Å². The molecule has 0 aliphatic carbocycles. The SMILES string of the molecule is Cc1ccc(-c2ccc(-c3cccc(B(O)O)c3)c3ccncc23)cc1. The van der Waals surface area contributed by atoms with Crippen molar-refractivity contribution in [1.82, 2.24) is 4.98 Å². The summed E-state index contributed by atoms with van der Waals surface area (Å²) in [5, 5.41) is 21.1. The first-order chi connectivity index (χ1) is 12.6. The number of benzene rings is 3. The summed E-state index contributed by atoms with van der Waals surface area (Å²) in [6, 6.07) is 22.0. The molecule has 0 aliphatic rings. The Hall–Kier alpha value is -2.95. The van der Waals surface area contributed by atoms with Crippen LogP contribution >= 0.6 is 0 Å². The van der Waals surface area contributed by atoms with Crippen molar-refractivity contribution in [2.24, 2.45) is 0 Å². The van der Waals surface area contributed by atoms with Crippen molar-refractivity contribution < 1.29 is 10.0 Å². The molecule has 0 aliphatic heterocycles. The number of hydrogen-bond donors (Lipinski definition) is 2. The first-order valence-corrected chi connectivity index (χ1v) is 8.54. The number of nitrogens with zero attached hydrogens (tertiary/aromatic N) is 1. The minimum absolute atomic E-state index is 0.479. The largest absolute Gasteiger partial charge is 0.488 e. The maximum atomic E-state index is 9.47. The number of aryl methyl sites for hydroxylation is 1. The van der Waals surface area contributed by atoms with Crippen LogP contribution in [0.4, 0.5) is 0 Å². The van der Waals surface area contributed by atoms with Gasteiger partial charge in [0.25, 0.3) is 0 Å². The second-order valence-electron chi connectivity index (χ2n) is 6.45. The fourth-order valence-electron chi connectivity index (χ4n) is 3.29. The summed E-state index contributed by atoms with van der Waals surface area (Å²) < 4.78 is 0. The van der Waals surface area contributed by atoms with Crippen molar-refractivity contribution in [3.05, 3.63) is 84.7 Å². The Bertz CT molecular complexity index is 1070. The predicted octanol–water partition coefficient (Wildman–Crippen LogP) is 3.56. The highest BCUT2D eigenvalue weighted by atomic mass is 16.4. The van der Waals surface area contributed by atoms with Gasteiger partial charge in [0.15, 0.2) is 0 Å². The van der Waals surface area contributed by atoms with Gasteiger partial charge in [-0.05, 0) is 46.1 Å². The van der Waals surface area contributed by atoms with Crippen LogP contribution in [-0.4, -0.2) is 22.2 Å². The molecule has 2 N–H and O–H groups in total. The van der Waals surface area contributed by atoms with Gasteiger partial charge in [-0.15, -0.1) is 0 Å². The van der Waals surface area contributed by atoms with E-state index in [2.05, 4.69) is 48.3 Å². The smallest absolute Gasteiger partial charge is 0.423 e. The fraction of sp³-hybridized carbons (Fsp3) is 0.0455. The molecule has 126 valence electrons. The lowest BCUT2D eigenvalue weighted by molar-refractivity contribution is 0.426. The van der Waals surface area contributed by atoms with Crippen LogP contribution in [0, 0.1) is 6.92 Å². The fourth-order valence-corrected chi connectivity index (χ4v) is 3.29. The summed E-state index contributed by atoms with van der Waals surface area (Å²) in [5.41, 5.74) is 5.98. The Morgan fingerprint density at radius 2 is 1.50 bits per heavy atom. The molecule has 0 bridgehead atoms. The lowest BCUT2D eigenvalue weighted by Crippen LogP contribution is -2.29. The molecule has 3 nitrogen and oxygen atoms in total. The molecule has 4 aromatic rings. The number of aromatic nitrogens is 1. The molecule has 1 aromatic heterocycles. The van der Waals surface area contributed by atoms with E-state index < -0.39 is 7.12 Å². The van der Waals surface area contributed by atoms with Crippen molar-refractivity contribution in [2.45, 2.75) is 6.92 Å². The van der Waals surface area contributed by atoms with Crippen molar-refractivity contribution in [3.63, 3.8) is 0 Å². The molecule has 3 aromatic carbocycles.